The Morgan fingerprint density at radius 1 is 1.26 bits per heavy atom. The molecule has 9 heteroatoms. The number of esters is 1. The van der Waals surface area contributed by atoms with Crippen molar-refractivity contribution in [3.63, 3.8) is 0 Å². The zero-order valence-electron chi connectivity index (χ0n) is 15.6. The number of benzene rings is 1. The molecule has 1 saturated heterocycles. The van der Waals surface area contributed by atoms with Gasteiger partial charge in [-0.05, 0) is 42.9 Å². The molecular weight excluding hydrogens is 370 g/mol. The van der Waals surface area contributed by atoms with Crippen LogP contribution in [0.2, 0.25) is 0 Å². The van der Waals surface area contributed by atoms with E-state index in [1.54, 1.807) is 24.3 Å². The van der Waals surface area contributed by atoms with Gasteiger partial charge in [0.25, 0.3) is 5.91 Å². The first-order chi connectivity index (χ1) is 12.9. The van der Waals surface area contributed by atoms with E-state index in [9.17, 15) is 14.4 Å². The van der Waals surface area contributed by atoms with Gasteiger partial charge in [-0.3, -0.25) is 19.3 Å². The Morgan fingerprint density at radius 3 is 2.52 bits per heavy atom. The first-order valence-electron chi connectivity index (χ1n) is 8.55. The normalized spacial score (nSPS) is 16.5. The van der Waals surface area contributed by atoms with E-state index in [2.05, 4.69) is 10.1 Å². The third kappa shape index (κ3) is 5.16. The van der Waals surface area contributed by atoms with E-state index in [-0.39, 0.29) is 29.9 Å². The number of methoxy groups -OCH3 is 1. The minimum absolute atomic E-state index is 0.131. The molecule has 0 spiro atoms. The van der Waals surface area contributed by atoms with Crippen LogP contribution in [-0.2, 0) is 19.1 Å². The molecule has 0 radical (unpaired) electrons. The van der Waals surface area contributed by atoms with Gasteiger partial charge in [0, 0.05) is 12.7 Å². The molecule has 0 bridgehead atoms. The molecule has 1 aliphatic heterocycles. The lowest BCUT2D eigenvalue weighted by Gasteiger charge is -2.22. The monoisotopic (exact) mass is 393 g/mol. The van der Waals surface area contributed by atoms with Gasteiger partial charge in [-0.25, -0.2) is 0 Å². The van der Waals surface area contributed by atoms with Crippen molar-refractivity contribution in [2.75, 3.05) is 32.6 Å². The molecule has 0 saturated carbocycles. The average Bonchev–Trinajstić information content (AvgIpc) is 2.85. The third-order valence-corrected chi connectivity index (χ3v) is 4.55. The lowest BCUT2D eigenvalue weighted by molar-refractivity contribution is -0.141. The van der Waals surface area contributed by atoms with Crippen LogP contribution in [0.1, 0.15) is 19.8 Å². The molecule has 1 unspecified atom stereocenters. The first-order valence-corrected chi connectivity index (χ1v) is 8.95. The molecule has 146 valence electrons. The van der Waals surface area contributed by atoms with Crippen LogP contribution in [0.15, 0.2) is 24.3 Å². The minimum atomic E-state index is -0.839. The summed E-state index contributed by atoms with van der Waals surface area (Å²) in [6, 6.07) is 6.13. The van der Waals surface area contributed by atoms with Crippen molar-refractivity contribution < 1.29 is 23.9 Å². The number of carbonyl (C=O) groups excluding carboxylic acids is 3. The number of hydrogen-bond acceptors (Lipinski definition) is 6. The van der Waals surface area contributed by atoms with Crippen molar-refractivity contribution in [2.45, 2.75) is 25.8 Å². The van der Waals surface area contributed by atoms with Crippen LogP contribution in [0, 0.1) is 0 Å². The maximum absolute atomic E-state index is 12.4. The van der Waals surface area contributed by atoms with Crippen molar-refractivity contribution in [3.8, 4) is 5.75 Å². The van der Waals surface area contributed by atoms with Gasteiger partial charge in [-0.2, -0.15) is 0 Å². The molecule has 0 aromatic heterocycles. The summed E-state index contributed by atoms with van der Waals surface area (Å²) in [5.41, 5.74) is 0.588. The highest BCUT2D eigenvalue weighted by molar-refractivity contribution is 7.80. The van der Waals surface area contributed by atoms with Crippen LogP contribution < -0.4 is 10.1 Å². The summed E-state index contributed by atoms with van der Waals surface area (Å²) in [7, 11) is 2.77. The SMILES string of the molecule is CCCOc1ccc(NC(=O)CC2C(=O)N(C)C(=S)N2CC(=O)OC)cc1. The molecule has 2 amide bonds. The molecule has 2 rings (SSSR count). The van der Waals surface area contributed by atoms with Gasteiger partial charge >= 0.3 is 5.97 Å². The summed E-state index contributed by atoms with van der Waals surface area (Å²) in [6.07, 6.45) is 0.778. The van der Waals surface area contributed by atoms with Crippen molar-refractivity contribution >= 4 is 40.8 Å². The van der Waals surface area contributed by atoms with E-state index >= 15 is 0 Å². The number of nitrogens with zero attached hydrogens (tertiary/aromatic N) is 2. The Kier molecular flexibility index (Phi) is 7.12. The number of anilines is 1. The van der Waals surface area contributed by atoms with Crippen LogP contribution in [0.25, 0.3) is 0 Å². The molecule has 1 N–H and O–H groups in total. The van der Waals surface area contributed by atoms with Crippen LogP contribution in [0.3, 0.4) is 0 Å². The topological polar surface area (TPSA) is 88.2 Å². The summed E-state index contributed by atoms with van der Waals surface area (Å²) in [6.45, 7) is 2.46. The number of thiocarbonyl (C=S) groups is 1. The van der Waals surface area contributed by atoms with E-state index in [1.807, 2.05) is 6.92 Å². The number of amides is 2. The van der Waals surface area contributed by atoms with Crippen molar-refractivity contribution in [1.29, 1.82) is 0 Å². The second kappa shape index (κ2) is 9.31. The van der Waals surface area contributed by atoms with Gasteiger partial charge in [0.05, 0.1) is 20.1 Å². The molecule has 0 aliphatic carbocycles. The molecule has 1 fully saturated rings. The highest BCUT2D eigenvalue weighted by Crippen LogP contribution is 2.21. The third-order valence-electron chi connectivity index (χ3n) is 4.04. The summed E-state index contributed by atoms with van der Waals surface area (Å²) in [5, 5.41) is 2.93. The molecule has 8 nitrogen and oxygen atoms in total. The van der Waals surface area contributed by atoms with E-state index in [4.69, 9.17) is 17.0 Å². The van der Waals surface area contributed by atoms with Gasteiger partial charge in [0.2, 0.25) is 5.91 Å². The Labute approximate surface area is 163 Å². The predicted octanol–water partition coefficient (Wildman–Crippen LogP) is 1.40. The standard InChI is InChI=1S/C18H23N3O5S/c1-4-9-26-13-7-5-12(6-8-13)19-15(22)10-14-17(24)20(2)18(27)21(14)11-16(23)25-3/h5-8,14H,4,9-11H2,1-3H3,(H,19,22). The molecule has 27 heavy (non-hydrogen) atoms. The van der Waals surface area contributed by atoms with E-state index in [1.165, 1.54) is 24.0 Å². The zero-order chi connectivity index (χ0) is 20.0. The second-order valence-electron chi connectivity index (χ2n) is 6.02. The molecule has 1 atom stereocenters. The van der Waals surface area contributed by atoms with Crippen LogP contribution in [0.4, 0.5) is 5.69 Å². The quantitative estimate of drug-likeness (QED) is 0.528. The summed E-state index contributed by atoms with van der Waals surface area (Å²) in [5.74, 6) is -0.503. The Balaban J connectivity index is 2.00. The van der Waals surface area contributed by atoms with Gasteiger partial charge in [-0.15, -0.1) is 0 Å². The van der Waals surface area contributed by atoms with E-state index in [0.717, 1.165) is 12.2 Å². The lowest BCUT2D eigenvalue weighted by Crippen LogP contribution is -2.41. The molecule has 1 heterocycles. The highest BCUT2D eigenvalue weighted by Gasteiger charge is 2.42. The fourth-order valence-corrected chi connectivity index (χ4v) is 2.88. The van der Waals surface area contributed by atoms with Gasteiger partial charge in [-0.1, -0.05) is 6.92 Å². The first kappa shape index (κ1) is 20.6. The number of nitrogens with one attached hydrogen (secondary N) is 1. The molecular formula is C18H23N3O5S. The Hall–Kier alpha value is -2.68. The van der Waals surface area contributed by atoms with Crippen LogP contribution in [-0.4, -0.2) is 66.0 Å². The van der Waals surface area contributed by atoms with Gasteiger partial charge in [0.1, 0.15) is 18.3 Å². The second-order valence-corrected chi connectivity index (χ2v) is 6.39. The number of carbonyl (C=O) groups is 3. The van der Waals surface area contributed by atoms with Gasteiger partial charge in [0.15, 0.2) is 5.11 Å². The average molecular weight is 393 g/mol. The minimum Gasteiger partial charge on any atom is -0.494 e. The van der Waals surface area contributed by atoms with E-state index in [0.29, 0.717) is 12.3 Å². The Bertz CT molecular complexity index is 722. The summed E-state index contributed by atoms with van der Waals surface area (Å²) < 4.78 is 10.1. The largest absolute Gasteiger partial charge is 0.494 e. The maximum atomic E-state index is 12.4. The van der Waals surface area contributed by atoms with Crippen molar-refractivity contribution in [1.82, 2.24) is 9.80 Å². The molecule has 1 aliphatic rings. The van der Waals surface area contributed by atoms with Crippen LogP contribution in [0.5, 0.6) is 5.75 Å². The van der Waals surface area contributed by atoms with Gasteiger partial charge < -0.3 is 19.7 Å². The summed E-state index contributed by atoms with van der Waals surface area (Å²) >= 11 is 5.19. The molecule has 1 aromatic rings. The Morgan fingerprint density at radius 2 is 1.93 bits per heavy atom. The van der Waals surface area contributed by atoms with E-state index < -0.39 is 12.0 Å². The number of hydrogen-bond donors (Lipinski definition) is 1. The fourth-order valence-electron chi connectivity index (χ4n) is 2.60. The lowest BCUT2D eigenvalue weighted by atomic mass is 10.1. The zero-order valence-corrected chi connectivity index (χ0v) is 16.4. The molecule has 1 aromatic carbocycles. The fraction of sp³-hybridized carbons (Fsp3) is 0.444. The van der Waals surface area contributed by atoms with Crippen molar-refractivity contribution in [3.05, 3.63) is 24.3 Å². The summed E-state index contributed by atoms with van der Waals surface area (Å²) in [4.78, 5) is 39.0. The highest BCUT2D eigenvalue weighted by atomic mass is 32.1. The van der Waals surface area contributed by atoms with Crippen molar-refractivity contribution in [2.24, 2.45) is 0 Å². The van der Waals surface area contributed by atoms with Crippen LogP contribution >= 0.6 is 12.2 Å². The predicted molar refractivity (Wildman–Crippen MR) is 103 cm³/mol. The number of likely N-dealkylation sites (N-methyl/N-ethyl adjacent to an activating group) is 1. The smallest absolute Gasteiger partial charge is 0.325 e. The number of ether oxygens (including phenoxy) is 2. The maximum Gasteiger partial charge on any atom is 0.325 e. The number of rotatable bonds is 8.